The zero-order chi connectivity index (χ0) is 14.4. The van der Waals surface area contributed by atoms with Crippen LogP contribution < -0.4 is 10.2 Å². The predicted molar refractivity (Wildman–Crippen MR) is 74.1 cm³/mol. The van der Waals surface area contributed by atoms with Crippen molar-refractivity contribution in [3.8, 4) is 0 Å². The smallest absolute Gasteiger partial charge is 0.383 e. The van der Waals surface area contributed by atoms with Crippen LogP contribution in [0.2, 0.25) is 0 Å². The van der Waals surface area contributed by atoms with E-state index in [9.17, 15) is 13.2 Å². The minimum absolute atomic E-state index is 0.122. The molecule has 0 radical (unpaired) electrons. The van der Waals surface area contributed by atoms with Gasteiger partial charge in [0.25, 0.3) is 0 Å². The topological polar surface area (TPSA) is 15.3 Å². The number of fused-ring (bicyclic) bond motifs is 1. The average molecular weight is 284 g/mol. The molecule has 2 nitrogen and oxygen atoms in total. The van der Waals surface area contributed by atoms with Gasteiger partial charge in [-0.1, -0.05) is 18.9 Å². The van der Waals surface area contributed by atoms with Gasteiger partial charge in [0.15, 0.2) is 0 Å². The molecule has 110 valence electrons. The second-order valence-electron chi connectivity index (χ2n) is 6.12. The number of nitrogens with one attached hydrogen (secondary N) is 1. The number of benzene rings is 1. The van der Waals surface area contributed by atoms with Crippen LogP contribution >= 0.6 is 0 Å². The summed E-state index contributed by atoms with van der Waals surface area (Å²) in [6.45, 7) is 1.46. The summed E-state index contributed by atoms with van der Waals surface area (Å²) in [6.07, 6.45) is 0.240. The predicted octanol–water partition coefficient (Wildman–Crippen LogP) is 4.13. The summed E-state index contributed by atoms with van der Waals surface area (Å²) in [4.78, 5) is 1.80. The van der Waals surface area contributed by atoms with Gasteiger partial charge in [0.05, 0.1) is 16.9 Å². The standard InChI is InChI=1S/C15H19F3N2/c1-20-10-14(7-2-3-8-14)9-19-12-6-4-5-11(13(12)20)15(16,17)18/h4-6,19H,2-3,7-10H2,1H3. The fourth-order valence-electron chi connectivity index (χ4n) is 3.71. The molecule has 5 heteroatoms. The molecule has 2 aliphatic rings. The van der Waals surface area contributed by atoms with Gasteiger partial charge in [0.1, 0.15) is 0 Å². The van der Waals surface area contributed by atoms with Crippen molar-refractivity contribution in [2.75, 3.05) is 30.4 Å². The van der Waals surface area contributed by atoms with Crippen molar-refractivity contribution in [1.82, 2.24) is 0 Å². The summed E-state index contributed by atoms with van der Waals surface area (Å²) in [6, 6.07) is 4.40. The Morgan fingerprint density at radius 3 is 2.55 bits per heavy atom. The molecule has 1 aromatic carbocycles. The highest BCUT2D eigenvalue weighted by molar-refractivity contribution is 5.75. The Morgan fingerprint density at radius 2 is 1.90 bits per heavy atom. The molecule has 1 heterocycles. The van der Waals surface area contributed by atoms with Crippen molar-refractivity contribution in [3.63, 3.8) is 0 Å². The number of nitrogens with zero attached hydrogens (tertiary/aromatic N) is 1. The lowest BCUT2D eigenvalue weighted by atomic mass is 9.86. The van der Waals surface area contributed by atoms with Gasteiger partial charge in [-0.2, -0.15) is 13.2 Å². The summed E-state index contributed by atoms with van der Waals surface area (Å²) >= 11 is 0. The Bertz CT molecular complexity index is 504. The van der Waals surface area contributed by atoms with Crippen LogP contribution in [-0.4, -0.2) is 20.1 Å². The van der Waals surface area contributed by atoms with Gasteiger partial charge in [-0.3, -0.25) is 0 Å². The van der Waals surface area contributed by atoms with E-state index < -0.39 is 11.7 Å². The Morgan fingerprint density at radius 1 is 1.20 bits per heavy atom. The Kier molecular flexibility index (Phi) is 3.10. The highest BCUT2D eigenvalue weighted by atomic mass is 19.4. The van der Waals surface area contributed by atoms with Crippen molar-refractivity contribution >= 4 is 11.4 Å². The van der Waals surface area contributed by atoms with E-state index in [0.29, 0.717) is 17.9 Å². The molecule has 1 aromatic rings. The van der Waals surface area contributed by atoms with Crippen LogP contribution in [0.25, 0.3) is 0 Å². The number of hydrogen-bond acceptors (Lipinski definition) is 2. The van der Waals surface area contributed by atoms with E-state index in [2.05, 4.69) is 5.32 Å². The Balaban J connectivity index is 2.02. The highest BCUT2D eigenvalue weighted by Crippen LogP contribution is 2.46. The summed E-state index contributed by atoms with van der Waals surface area (Å²) in [5, 5.41) is 3.26. The molecule has 0 amide bonds. The van der Waals surface area contributed by atoms with Crippen LogP contribution in [0.5, 0.6) is 0 Å². The Labute approximate surface area is 117 Å². The van der Waals surface area contributed by atoms with E-state index in [0.717, 1.165) is 19.4 Å². The second-order valence-corrected chi connectivity index (χ2v) is 6.12. The molecule has 1 spiro atoms. The maximum Gasteiger partial charge on any atom is 0.418 e. The van der Waals surface area contributed by atoms with Crippen LogP contribution in [0.1, 0.15) is 31.2 Å². The number of halogens is 3. The molecule has 0 atom stereocenters. The fourth-order valence-corrected chi connectivity index (χ4v) is 3.71. The van der Waals surface area contributed by atoms with Crippen molar-refractivity contribution < 1.29 is 13.2 Å². The lowest BCUT2D eigenvalue weighted by Crippen LogP contribution is -2.36. The number of rotatable bonds is 0. The first-order valence-corrected chi connectivity index (χ1v) is 7.07. The number of hydrogen-bond donors (Lipinski definition) is 1. The van der Waals surface area contributed by atoms with Gasteiger partial charge in [-0.15, -0.1) is 0 Å². The molecular formula is C15H19F3N2. The summed E-state index contributed by atoms with van der Waals surface area (Å²) in [7, 11) is 1.78. The van der Waals surface area contributed by atoms with Gasteiger partial charge in [-0.25, -0.2) is 0 Å². The van der Waals surface area contributed by atoms with E-state index in [4.69, 9.17) is 0 Å². The molecule has 3 rings (SSSR count). The molecule has 0 unspecified atom stereocenters. The van der Waals surface area contributed by atoms with E-state index in [1.807, 2.05) is 0 Å². The largest absolute Gasteiger partial charge is 0.418 e. The van der Waals surface area contributed by atoms with Crippen LogP contribution in [0.15, 0.2) is 18.2 Å². The van der Waals surface area contributed by atoms with Crippen LogP contribution in [0, 0.1) is 5.41 Å². The SMILES string of the molecule is CN1CC2(CCCC2)CNc2cccc(C(F)(F)F)c21. The molecule has 20 heavy (non-hydrogen) atoms. The third kappa shape index (κ3) is 2.23. The van der Waals surface area contributed by atoms with Crippen molar-refractivity contribution in [2.24, 2.45) is 5.41 Å². The lowest BCUT2D eigenvalue weighted by Gasteiger charge is -2.32. The maximum absolute atomic E-state index is 13.2. The zero-order valence-corrected chi connectivity index (χ0v) is 11.6. The zero-order valence-electron chi connectivity index (χ0n) is 11.6. The molecule has 0 aromatic heterocycles. The monoisotopic (exact) mass is 284 g/mol. The van der Waals surface area contributed by atoms with Crippen LogP contribution in [0.3, 0.4) is 0 Å². The molecule has 0 bridgehead atoms. The van der Waals surface area contributed by atoms with E-state index in [-0.39, 0.29) is 5.41 Å². The van der Waals surface area contributed by atoms with Crippen LogP contribution in [-0.2, 0) is 6.18 Å². The summed E-state index contributed by atoms with van der Waals surface area (Å²) in [5.41, 5.74) is 0.478. The van der Waals surface area contributed by atoms with Crippen molar-refractivity contribution in [2.45, 2.75) is 31.9 Å². The number of alkyl halides is 3. The third-order valence-electron chi connectivity index (χ3n) is 4.61. The normalized spacial score (nSPS) is 21.5. The molecule has 1 aliphatic heterocycles. The summed E-state index contributed by atoms with van der Waals surface area (Å²) < 4.78 is 39.6. The number of para-hydroxylation sites is 1. The first-order valence-electron chi connectivity index (χ1n) is 7.07. The molecule has 1 aliphatic carbocycles. The highest BCUT2D eigenvalue weighted by Gasteiger charge is 2.41. The fraction of sp³-hybridized carbons (Fsp3) is 0.600. The van der Waals surface area contributed by atoms with E-state index in [1.165, 1.54) is 25.0 Å². The van der Waals surface area contributed by atoms with E-state index >= 15 is 0 Å². The van der Waals surface area contributed by atoms with Gasteiger partial charge in [0.2, 0.25) is 0 Å². The Hall–Kier alpha value is -1.39. The average Bonchev–Trinajstić information content (AvgIpc) is 2.77. The van der Waals surface area contributed by atoms with Gasteiger partial charge in [-0.05, 0) is 25.0 Å². The van der Waals surface area contributed by atoms with Crippen molar-refractivity contribution in [3.05, 3.63) is 23.8 Å². The van der Waals surface area contributed by atoms with Gasteiger partial charge < -0.3 is 10.2 Å². The van der Waals surface area contributed by atoms with Crippen molar-refractivity contribution in [1.29, 1.82) is 0 Å². The first kappa shape index (κ1) is 13.6. The quantitative estimate of drug-likeness (QED) is 0.770. The van der Waals surface area contributed by atoms with E-state index in [1.54, 1.807) is 18.0 Å². The molecule has 0 saturated heterocycles. The molecule has 1 saturated carbocycles. The molecule has 1 N–H and O–H groups in total. The lowest BCUT2D eigenvalue weighted by molar-refractivity contribution is -0.137. The summed E-state index contributed by atoms with van der Waals surface area (Å²) in [5.74, 6) is 0. The minimum Gasteiger partial charge on any atom is -0.383 e. The third-order valence-corrected chi connectivity index (χ3v) is 4.61. The van der Waals surface area contributed by atoms with Gasteiger partial charge >= 0.3 is 6.18 Å². The molecular weight excluding hydrogens is 265 g/mol. The molecule has 1 fully saturated rings. The maximum atomic E-state index is 13.2. The first-order chi connectivity index (χ1) is 9.41. The second kappa shape index (κ2) is 4.57. The van der Waals surface area contributed by atoms with Gasteiger partial charge in [0, 0.05) is 25.6 Å². The van der Waals surface area contributed by atoms with Crippen LogP contribution in [0.4, 0.5) is 24.5 Å². The minimum atomic E-state index is -4.31. The number of anilines is 2.